The van der Waals surface area contributed by atoms with E-state index in [9.17, 15) is 9.50 Å². The Morgan fingerprint density at radius 1 is 1.31 bits per heavy atom. The molecule has 4 nitrogen and oxygen atoms in total. The summed E-state index contributed by atoms with van der Waals surface area (Å²) >= 11 is 5.92. The van der Waals surface area contributed by atoms with Crippen LogP contribution in [0.15, 0.2) is 53.7 Å². The van der Waals surface area contributed by atoms with Crippen LogP contribution in [0.1, 0.15) is 24.5 Å². The summed E-state index contributed by atoms with van der Waals surface area (Å²) in [7, 11) is 0. The van der Waals surface area contributed by atoms with E-state index >= 15 is 0 Å². The summed E-state index contributed by atoms with van der Waals surface area (Å²) in [6.07, 6.45) is 0.0933. The number of rotatable bonds is 7. The van der Waals surface area contributed by atoms with Crippen LogP contribution in [0.2, 0.25) is 5.02 Å². The first-order valence-electron chi connectivity index (χ1n) is 8.63. The molecule has 6 heteroatoms. The molecule has 0 spiro atoms. The molecule has 0 aliphatic carbocycles. The van der Waals surface area contributed by atoms with Gasteiger partial charge in [0.15, 0.2) is 0 Å². The Hall–Kier alpha value is -1.95. The Morgan fingerprint density at radius 3 is 2.77 bits per heavy atom. The molecule has 0 unspecified atom stereocenters. The van der Waals surface area contributed by atoms with Gasteiger partial charge in [0.25, 0.3) is 0 Å². The van der Waals surface area contributed by atoms with E-state index < -0.39 is 6.10 Å². The zero-order valence-electron chi connectivity index (χ0n) is 14.6. The minimum absolute atomic E-state index is 0.104. The summed E-state index contributed by atoms with van der Waals surface area (Å²) in [5, 5.41) is 14.7. The van der Waals surface area contributed by atoms with Crippen LogP contribution in [-0.4, -0.2) is 41.0 Å². The maximum Gasteiger partial charge on any atom is 0.145 e. The van der Waals surface area contributed by atoms with Crippen LogP contribution >= 0.6 is 11.6 Å². The maximum absolute atomic E-state index is 13.4. The molecule has 1 N–H and O–H groups in total. The van der Waals surface area contributed by atoms with Crippen LogP contribution in [0.3, 0.4) is 0 Å². The van der Waals surface area contributed by atoms with Gasteiger partial charge in [0.2, 0.25) is 0 Å². The Kier molecular flexibility index (Phi) is 6.25. The van der Waals surface area contributed by atoms with Gasteiger partial charge in [-0.25, -0.2) is 4.39 Å². The molecule has 0 saturated heterocycles. The van der Waals surface area contributed by atoms with Crippen molar-refractivity contribution in [3.05, 3.63) is 70.5 Å². The van der Waals surface area contributed by atoms with Crippen LogP contribution in [-0.2, 0) is 11.4 Å². The first kappa shape index (κ1) is 18.8. The lowest BCUT2D eigenvalue weighted by atomic mass is 10.0. The van der Waals surface area contributed by atoms with E-state index in [4.69, 9.17) is 16.4 Å². The average Bonchev–Trinajstić information content (AvgIpc) is 3.03. The predicted molar refractivity (Wildman–Crippen MR) is 101 cm³/mol. The molecule has 3 rings (SSSR count). The van der Waals surface area contributed by atoms with Crippen molar-refractivity contribution in [3.8, 4) is 0 Å². The fourth-order valence-corrected chi connectivity index (χ4v) is 3.22. The molecule has 2 atom stereocenters. The van der Waals surface area contributed by atoms with E-state index in [0.717, 1.165) is 16.8 Å². The third-order valence-corrected chi connectivity index (χ3v) is 4.44. The minimum Gasteiger partial charge on any atom is -0.392 e. The second kappa shape index (κ2) is 8.62. The van der Waals surface area contributed by atoms with E-state index in [1.165, 1.54) is 12.1 Å². The van der Waals surface area contributed by atoms with E-state index in [2.05, 4.69) is 10.1 Å². The van der Waals surface area contributed by atoms with Gasteiger partial charge in [-0.15, -0.1) is 0 Å². The Morgan fingerprint density at radius 2 is 2.08 bits per heavy atom. The van der Waals surface area contributed by atoms with Crippen LogP contribution in [0, 0.1) is 5.82 Å². The minimum atomic E-state index is -0.485. The van der Waals surface area contributed by atoms with Gasteiger partial charge >= 0.3 is 0 Å². The summed E-state index contributed by atoms with van der Waals surface area (Å²) in [6.45, 7) is 3.36. The molecule has 0 amide bonds. The number of oxime groups is 1. The van der Waals surface area contributed by atoms with Gasteiger partial charge in [0.1, 0.15) is 11.9 Å². The van der Waals surface area contributed by atoms with Gasteiger partial charge in [-0.2, -0.15) is 0 Å². The summed E-state index contributed by atoms with van der Waals surface area (Å²) in [6, 6.07) is 14.0. The quantitative estimate of drug-likeness (QED) is 0.798. The van der Waals surface area contributed by atoms with Crippen molar-refractivity contribution in [3.63, 3.8) is 0 Å². The van der Waals surface area contributed by atoms with Crippen molar-refractivity contribution in [1.82, 2.24) is 4.90 Å². The number of nitrogens with zero attached hydrogens (tertiary/aromatic N) is 2. The molecule has 0 radical (unpaired) electrons. The monoisotopic (exact) mass is 376 g/mol. The molecule has 0 aromatic heterocycles. The number of aliphatic hydroxyl groups excluding tert-OH is 1. The highest BCUT2D eigenvalue weighted by atomic mass is 35.5. The van der Waals surface area contributed by atoms with Gasteiger partial charge in [0, 0.05) is 31.1 Å². The Labute approximate surface area is 157 Å². The first-order valence-corrected chi connectivity index (χ1v) is 9.01. The molecule has 0 fully saturated rings. The lowest BCUT2D eigenvalue weighted by Gasteiger charge is -2.25. The standard InChI is InChI=1S/C20H22ClFN2O2/c1-14(25)11-24(12-15-3-2-4-18(22)9-15)13-19-10-20(23-26-19)16-5-7-17(21)8-6-16/h2-9,14,19,25H,10-13H2,1H3/t14-,19-/m0/s1. The second-order valence-corrected chi connectivity index (χ2v) is 7.09. The average molecular weight is 377 g/mol. The lowest BCUT2D eigenvalue weighted by molar-refractivity contribution is 0.0351. The molecular formula is C20H22ClFN2O2. The molecule has 0 bridgehead atoms. The molecule has 26 heavy (non-hydrogen) atoms. The van der Waals surface area contributed by atoms with Crippen molar-refractivity contribution in [1.29, 1.82) is 0 Å². The zero-order valence-corrected chi connectivity index (χ0v) is 15.4. The van der Waals surface area contributed by atoms with Gasteiger partial charge in [-0.1, -0.05) is 41.0 Å². The van der Waals surface area contributed by atoms with Crippen LogP contribution in [0.4, 0.5) is 4.39 Å². The smallest absolute Gasteiger partial charge is 0.145 e. The second-order valence-electron chi connectivity index (χ2n) is 6.65. The topological polar surface area (TPSA) is 45.1 Å². The van der Waals surface area contributed by atoms with Gasteiger partial charge in [0.05, 0.1) is 11.8 Å². The molecule has 1 aliphatic rings. The molecule has 2 aromatic rings. The normalized spacial score (nSPS) is 17.9. The molecule has 1 aliphatic heterocycles. The molecule has 1 heterocycles. The highest BCUT2D eigenvalue weighted by molar-refractivity contribution is 6.30. The molecule has 138 valence electrons. The van der Waals surface area contributed by atoms with E-state index in [-0.39, 0.29) is 11.9 Å². The lowest BCUT2D eigenvalue weighted by Crippen LogP contribution is -2.37. The Bertz CT molecular complexity index is 765. The summed E-state index contributed by atoms with van der Waals surface area (Å²) in [4.78, 5) is 7.64. The van der Waals surface area contributed by atoms with E-state index in [0.29, 0.717) is 31.1 Å². The van der Waals surface area contributed by atoms with Crippen molar-refractivity contribution in [2.24, 2.45) is 5.16 Å². The number of hydrogen-bond donors (Lipinski definition) is 1. The maximum atomic E-state index is 13.4. The zero-order chi connectivity index (χ0) is 18.5. The number of hydrogen-bond acceptors (Lipinski definition) is 4. The predicted octanol–water partition coefficient (Wildman–Crippen LogP) is 3.86. The van der Waals surface area contributed by atoms with E-state index in [1.807, 2.05) is 30.3 Å². The van der Waals surface area contributed by atoms with Gasteiger partial charge < -0.3 is 9.94 Å². The number of halogens is 2. The fourth-order valence-electron chi connectivity index (χ4n) is 3.10. The van der Waals surface area contributed by atoms with Crippen molar-refractivity contribution < 1.29 is 14.3 Å². The summed E-state index contributed by atoms with van der Waals surface area (Å²) in [5.41, 5.74) is 2.74. The highest BCUT2D eigenvalue weighted by Crippen LogP contribution is 2.20. The Balaban J connectivity index is 1.62. The molecule has 2 aromatic carbocycles. The number of aliphatic hydroxyl groups is 1. The van der Waals surface area contributed by atoms with Crippen LogP contribution in [0.25, 0.3) is 0 Å². The van der Waals surface area contributed by atoms with Gasteiger partial charge in [-0.05, 0) is 42.3 Å². The molecule has 0 saturated carbocycles. The van der Waals surface area contributed by atoms with Crippen molar-refractivity contribution in [2.75, 3.05) is 13.1 Å². The molecular weight excluding hydrogens is 355 g/mol. The highest BCUT2D eigenvalue weighted by Gasteiger charge is 2.25. The summed E-state index contributed by atoms with van der Waals surface area (Å²) < 4.78 is 13.4. The van der Waals surface area contributed by atoms with Gasteiger partial charge in [-0.3, -0.25) is 4.90 Å². The van der Waals surface area contributed by atoms with Crippen LogP contribution < -0.4 is 0 Å². The summed E-state index contributed by atoms with van der Waals surface area (Å²) in [5.74, 6) is -0.259. The number of benzene rings is 2. The van der Waals surface area contributed by atoms with Crippen molar-refractivity contribution in [2.45, 2.75) is 32.1 Å². The fraction of sp³-hybridized carbons (Fsp3) is 0.350. The van der Waals surface area contributed by atoms with Crippen molar-refractivity contribution >= 4 is 17.3 Å². The van der Waals surface area contributed by atoms with Crippen LogP contribution in [0.5, 0.6) is 0 Å². The largest absolute Gasteiger partial charge is 0.392 e. The first-order chi connectivity index (χ1) is 12.5. The van der Waals surface area contributed by atoms with E-state index in [1.54, 1.807) is 13.0 Å². The third kappa shape index (κ3) is 5.27. The SMILES string of the molecule is C[C@H](O)CN(Cc1cccc(F)c1)C[C@@H]1CC(c2ccc(Cl)cc2)=NO1. The third-order valence-electron chi connectivity index (χ3n) is 4.19.